The summed E-state index contributed by atoms with van der Waals surface area (Å²) in [5, 5.41) is 0. The molecule has 86 valence electrons. The topological polar surface area (TPSA) is 0 Å². The molecule has 0 bridgehead atoms. The van der Waals surface area contributed by atoms with E-state index in [2.05, 4.69) is 44.2 Å². The highest BCUT2D eigenvalue weighted by Crippen LogP contribution is 2.37. The first-order chi connectivity index (χ1) is 7.86. The van der Waals surface area contributed by atoms with Crippen molar-refractivity contribution < 1.29 is 0 Å². The van der Waals surface area contributed by atoms with Crippen LogP contribution in [0.4, 0.5) is 0 Å². The second-order valence-electron chi connectivity index (χ2n) is 4.80. The summed E-state index contributed by atoms with van der Waals surface area (Å²) < 4.78 is 0. The van der Waals surface area contributed by atoms with Gasteiger partial charge in [0.05, 0.1) is 0 Å². The van der Waals surface area contributed by atoms with Crippen LogP contribution in [0.2, 0.25) is 0 Å². The Hall–Kier alpha value is -1.04. The summed E-state index contributed by atoms with van der Waals surface area (Å²) in [7, 11) is 0. The summed E-state index contributed by atoms with van der Waals surface area (Å²) in [6, 6.07) is 8.90. The third-order valence-corrected chi connectivity index (χ3v) is 3.58. The van der Waals surface area contributed by atoms with Gasteiger partial charge >= 0.3 is 0 Å². The fourth-order valence-corrected chi connectivity index (χ4v) is 2.85. The number of allylic oxidation sites excluding steroid dienone is 2. The Morgan fingerprint density at radius 3 is 2.44 bits per heavy atom. The van der Waals surface area contributed by atoms with Crippen LogP contribution in [0.25, 0.3) is 5.57 Å². The molecule has 1 aromatic rings. The van der Waals surface area contributed by atoms with Crippen LogP contribution < -0.4 is 0 Å². The van der Waals surface area contributed by atoms with Gasteiger partial charge in [-0.1, -0.05) is 57.0 Å². The van der Waals surface area contributed by atoms with Crippen LogP contribution in [-0.4, -0.2) is 0 Å². The molecule has 0 aliphatic heterocycles. The molecule has 0 saturated heterocycles. The molecule has 0 nitrogen and oxygen atoms in total. The minimum absolute atomic E-state index is 0.790. The first-order valence-electron chi connectivity index (χ1n) is 6.65. The summed E-state index contributed by atoms with van der Waals surface area (Å²) in [5.74, 6) is 0.790. The molecule has 0 spiro atoms. The van der Waals surface area contributed by atoms with Crippen LogP contribution in [0.5, 0.6) is 0 Å². The van der Waals surface area contributed by atoms with Crippen LogP contribution >= 0.6 is 0 Å². The average molecular weight is 214 g/mol. The minimum atomic E-state index is 0.790. The van der Waals surface area contributed by atoms with Crippen molar-refractivity contribution in [2.24, 2.45) is 5.92 Å². The van der Waals surface area contributed by atoms with Gasteiger partial charge in [-0.15, -0.1) is 0 Å². The van der Waals surface area contributed by atoms with E-state index in [0.29, 0.717) is 0 Å². The van der Waals surface area contributed by atoms with Crippen LogP contribution in [0.15, 0.2) is 30.3 Å². The van der Waals surface area contributed by atoms with E-state index in [-0.39, 0.29) is 0 Å². The maximum absolute atomic E-state index is 2.46. The summed E-state index contributed by atoms with van der Waals surface area (Å²) in [5.41, 5.74) is 4.67. The van der Waals surface area contributed by atoms with E-state index >= 15 is 0 Å². The fraction of sp³-hybridized carbons (Fsp3) is 0.500. The van der Waals surface area contributed by atoms with Crippen LogP contribution in [-0.2, 0) is 6.42 Å². The molecule has 1 aliphatic carbocycles. The molecule has 1 aromatic carbocycles. The third-order valence-electron chi connectivity index (χ3n) is 3.58. The lowest BCUT2D eigenvalue weighted by Gasteiger charge is -2.18. The molecular formula is C16H22. The predicted octanol–water partition coefficient (Wildman–Crippen LogP) is 4.84. The zero-order valence-electron chi connectivity index (χ0n) is 10.5. The molecule has 1 aliphatic rings. The lowest BCUT2D eigenvalue weighted by atomic mass is 9.87. The van der Waals surface area contributed by atoms with Crippen molar-refractivity contribution in [2.75, 3.05) is 0 Å². The van der Waals surface area contributed by atoms with Gasteiger partial charge in [-0.25, -0.2) is 0 Å². The summed E-state index contributed by atoms with van der Waals surface area (Å²) in [6.45, 7) is 4.59. The Kier molecular flexibility index (Phi) is 3.82. The number of hydrogen-bond acceptors (Lipinski definition) is 0. The second-order valence-corrected chi connectivity index (χ2v) is 4.80. The highest BCUT2D eigenvalue weighted by molar-refractivity contribution is 5.74. The van der Waals surface area contributed by atoms with Gasteiger partial charge in [0.1, 0.15) is 0 Å². The molecule has 0 fully saturated rings. The van der Waals surface area contributed by atoms with E-state index in [1.165, 1.54) is 36.8 Å². The molecule has 0 radical (unpaired) electrons. The Morgan fingerprint density at radius 2 is 1.75 bits per heavy atom. The summed E-state index contributed by atoms with van der Waals surface area (Å²) in [4.78, 5) is 0. The van der Waals surface area contributed by atoms with Crippen molar-refractivity contribution in [3.63, 3.8) is 0 Å². The standard InChI is InChI=1S/C16H22/c1-3-7-13(8-4-2)16-12-11-14-9-5-6-10-15(14)16/h5-6,9-10,12-13H,3-4,7-8,11H2,1-2H3. The zero-order chi connectivity index (χ0) is 11.4. The maximum atomic E-state index is 2.46. The van der Waals surface area contributed by atoms with Crippen molar-refractivity contribution >= 4 is 5.57 Å². The quantitative estimate of drug-likeness (QED) is 0.657. The molecule has 0 aromatic heterocycles. The number of hydrogen-bond donors (Lipinski definition) is 0. The van der Waals surface area contributed by atoms with Crippen molar-refractivity contribution in [1.82, 2.24) is 0 Å². The van der Waals surface area contributed by atoms with Gasteiger partial charge in [0, 0.05) is 0 Å². The SMILES string of the molecule is CCCC(CCC)C1=CCc2ccccc21. The third kappa shape index (κ3) is 2.21. The van der Waals surface area contributed by atoms with Gasteiger partial charge in [-0.2, -0.15) is 0 Å². The van der Waals surface area contributed by atoms with E-state index in [0.717, 1.165) is 12.3 Å². The van der Waals surface area contributed by atoms with Crippen molar-refractivity contribution in [3.05, 3.63) is 41.5 Å². The van der Waals surface area contributed by atoms with Crippen LogP contribution in [0.3, 0.4) is 0 Å². The molecule has 0 N–H and O–H groups in total. The Morgan fingerprint density at radius 1 is 1.06 bits per heavy atom. The van der Waals surface area contributed by atoms with Crippen molar-refractivity contribution in [1.29, 1.82) is 0 Å². The highest BCUT2D eigenvalue weighted by Gasteiger charge is 2.20. The van der Waals surface area contributed by atoms with E-state index in [9.17, 15) is 0 Å². The normalized spacial score (nSPS) is 14.1. The molecule has 0 heterocycles. The van der Waals surface area contributed by atoms with Gasteiger partial charge < -0.3 is 0 Å². The van der Waals surface area contributed by atoms with Crippen molar-refractivity contribution in [2.45, 2.75) is 46.0 Å². The maximum Gasteiger partial charge on any atom is -0.00853 e. The lowest BCUT2D eigenvalue weighted by molar-refractivity contribution is 0.544. The van der Waals surface area contributed by atoms with Crippen LogP contribution in [0.1, 0.15) is 50.7 Å². The monoisotopic (exact) mass is 214 g/mol. The Balaban J connectivity index is 2.21. The van der Waals surface area contributed by atoms with E-state index in [1.54, 1.807) is 5.57 Å². The van der Waals surface area contributed by atoms with Gasteiger partial charge in [0.2, 0.25) is 0 Å². The van der Waals surface area contributed by atoms with Gasteiger partial charge in [-0.05, 0) is 41.9 Å². The first-order valence-corrected chi connectivity index (χ1v) is 6.65. The van der Waals surface area contributed by atoms with Gasteiger partial charge in [-0.3, -0.25) is 0 Å². The van der Waals surface area contributed by atoms with Gasteiger partial charge in [0.15, 0.2) is 0 Å². The van der Waals surface area contributed by atoms with E-state index in [4.69, 9.17) is 0 Å². The largest absolute Gasteiger partial charge is 0.0760 e. The summed E-state index contributed by atoms with van der Waals surface area (Å²) >= 11 is 0. The highest BCUT2D eigenvalue weighted by atomic mass is 14.2. The van der Waals surface area contributed by atoms with Gasteiger partial charge in [0.25, 0.3) is 0 Å². The average Bonchev–Trinajstić information content (AvgIpc) is 2.72. The molecule has 16 heavy (non-hydrogen) atoms. The molecular weight excluding hydrogens is 192 g/mol. The number of rotatable bonds is 5. The van der Waals surface area contributed by atoms with E-state index < -0.39 is 0 Å². The molecule has 0 heteroatoms. The molecule has 0 saturated carbocycles. The minimum Gasteiger partial charge on any atom is -0.0760 e. The Bertz CT molecular complexity index is 367. The molecule has 0 amide bonds. The number of fused-ring (bicyclic) bond motifs is 1. The molecule has 0 atom stereocenters. The summed E-state index contributed by atoms with van der Waals surface area (Å²) in [6.07, 6.45) is 8.88. The first kappa shape index (κ1) is 11.4. The van der Waals surface area contributed by atoms with Crippen LogP contribution in [0, 0.1) is 5.92 Å². The predicted molar refractivity (Wildman–Crippen MR) is 71.4 cm³/mol. The van der Waals surface area contributed by atoms with E-state index in [1.807, 2.05) is 0 Å². The second kappa shape index (κ2) is 5.34. The fourth-order valence-electron chi connectivity index (χ4n) is 2.85. The molecule has 2 rings (SSSR count). The zero-order valence-corrected chi connectivity index (χ0v) is 10.5. The number of benzene rings is 1. The molecule has 0 unspecified atom stereocenters. The lowest BCUT2D eigenvalue weighted by Crippen LogP contribution is -2.02. The van der Waals surface area contributed by atoms with Crippen molar-refractivity contribution in [3.8, 4) is 0 Å². The Labute approximate surface area is 99.4 Å². The smallest absolute Gasteiger partial charge is 0.00853 e.